The fraction of sp³-hybridized carbons (Fsp3) is 0.364. The lowest BCUT2D eigenvalue weighted by Gasteiger charge is -2.22. The first kappa shape index (κ1) is 20.5. The van der Waals surface area contributed by atoms with Crippen molar-refractivity contribution in [3.63, 3.8) is 0 Å². The molecule has 0 radical (unpaired) electrons. The molecule has 0 aliphatic carbocycles. The Morgan fingerprint density at radius 1 is 1.00 bits per heavy atom. The lowest BCUT2D eigenvalue weighted by Crippen LogP contribution is -2.50. The summed E-state index contributed by atoms with van der Waals surface area (Å²) in [4.78, 5) is 25.1. The van der Waals surface area contributed by atoms with Gasteiger partial charge in [0.2, 0.25) is 5.91 Å². The molecule has 2 aromatic rings. The molecule has 29 heavy (non-hydrogen) atoms. The van der Waals surface area contributed by atoms with E-state index in [-0.39, 0.29) is 17.9 Å². The third kappa shape index (κ3) is 5.88. The number of fused-ring (bicyclic) bond motifs is 1. The van der Waals surface area contributed by atoms with Crippen molar-refractivity contribution in [1.29, 1.82) is 0 Å². The number of urea groups is 1. The quantitative estimate of drug-likeness (QED) is 0.698. The van der Waals surface area contributed by atoms with Gasteiger partial charge in [-0.25, -0.2) is 4.79 Å². The molecule has 0 saturated heterocycles. The summed E-state index contributed by atoms with van der Waals surface area (Å²) in [7, 11) is 0. The molecule has 0 saturated carbocycles. The molecule has 1 aliphatic heterocycles. The van der Waals surface area contributed by atoms with Gasteiger partial charge in [-0.15, -0.1) is 0 Å². The van der Waals surface area contributed by atoms with Gasteiger partial charge in [-0.1, -0.05) is 44.2 Å². The third-order valence-electron chi connectivity index (χ3n) is 4.55. The molecule has 7 heteroatoms. The number of ether oxygens (including phenoxy) is 2. The topological polar surface area (TPSA) is 88.7 Å². The van der Waals surface area contributed by atoms with Crippen molar-refractivity contribution in [2.75, 3.05) is 18.5 Å². The van der Waals surface area contributed by atoms with Crippen LogP contribution in [0.2, 0.25) is 0 Å². The molecule has 1 atom stereocenters. The molecule has 0 spiro atoms. The summed E-state index contributed by atoms with van der Waals surface area (Å²) in [5.41, 5.74) is 1.58. The Morgan fingerprint density at radius 3 is 2.45 bits per heavy atom. The predicted octanol–water partition coefficient (Wildman–Crippen LogP) is 3.31. The van der Waals surface area contributed by atoms with E-state index in [2.05, 4.69) is 16.0 Å². The van der Waals surface area contributed by atoms with Crippen molar-refractivity contribution in [2.24, 2.45) is 5.92 Å². The van der Waals surface area contributed by atoms with Crippen molar-refractivity contribution in [1.82, 2.24) is 10.6 Å². The SMILES string of the molecule is CC(C)[C@H](NC(=O)NCc1ccccc1)C(=O)Nc1ccc2c(c1)OCCCO2. The van der Waals surface area contributed by atoms with E-state index in [1.165, 1.54) is 0 Å². The number of benzene rings is 2. The zero-order valence-electron chi connectivity index (χ0n) is 16.7. The van der Waals surface area contributed by atoms with E-state index in [0.717, 1.165) is 12.0 Å². The molecule has 3 rings (SSSR count). The fourth-order valence-corrected chi connectivity index (χ4v) is 2.97. The summed E-state index contributed by atoms with van der Waals surface area (Å²) in [6.07, 6.45) is 0.813. The van der Waals surface area contributed by atoms with E-state index in [4.69, 9.17) is 9.47 Å². The van der Waals surface area contributed by atoms with Gasteiger partial charge in [-0.3, -0.25) is 4.79 Å². The van der Waals surface area contributed by atoms with Gasteiger partial charge in [0.1, 0.15) is 6.04 Å². The number of carbonyl (C=O) groups excluding carboxylic acids is 2. The summed E-state index contributed by atoms with van der Waals surface area (Å²) in [6.45, 7) is 5.34. The Balaban J connectivity index is 1.59. The Bertz CT molecular complexity index is 839. The van der Waals surface area contributed by atoms with Crippen molar-refractivity contribution in [3.05, 3.63) is 54.1 Å². The van der Waals surface area contributed by atoms with Crippen LogP contribution < -0.4 is 25.4 Å². The highest BCUT2D eigenvalue weighted by atomic mass is 16.5. The second kappa shape index (κ2) is 9.82. The molecular formula is C22H27N3O4. The first-order valence-electron chi connectivity index (χ1n) is 9.82. The van der Waals surface area contributed by atoms with Crippen LogP contribution in [0.1, 0.15) is 25.8 Å². The van der Waals surface area contributed by atoms with Crippen LogP contribution >= 0.6 is 0 Å². The molecule has 3 amide bonds. The van der Waals surface area contributed by atoms with E-state index < -0.39 is 6.04 Å². The predicted molar refractivity (Wildman–Crippen MR) is 111 cm³/mol. The fourth-order valence-electron chi connectivity index (χ4n) is 2.97. The highest BCUT2D eigenvalue weighted by Crippen LogP contribution is 2.32. The highest BCUT2D eigenvalue weighted by Gasteiger charge is 2.24. The number of hydrogen-bond donors (Lipinski definition) is 3. The van der Waals surface area contributed by atoms with Crippen LogP contribution in [0.4, 0.5) is 10.5 Å². The highest BCUT2D eigenvalue weighted by molar-refractivity contribution is 5.97. The molecule has 2 aromatic carbocycles. The van der Waals surface area contributed by atoms with Crippen LogP contribution in [0, 0.1) is 5.92 Å². The number of anilines is 1. The maximum Gasteiger partial charge on any atom is 0.315 e. The zero-order chi connectivity index (χ0) is 20.6. The van der Waals surface area contributed by atoms with Crippen LogP contribution in [0.15, 0.2) is 48.5 Å². The average Bonchev–Trinajstić information content (AvgIpc) is 2.96. The minimum absolute atomic E-state index is 0.0853. The number of carbonyl (C=O) groups is 2. The smallest absolute Gasteiger partial charge is 0.315 e. The lowest BCUT2D eigenvalue weighted by atomic mass is 10.0. The molecular weight excluding hydrogens is 370 g/mol. The van der Waals surface area contributed by atoms with Crippen molar-refractivity contribution in [3.8, 4) is 11.5 Å². The van der Waals surface area contributed by atoms with Gasteiger partial charge in [0, 0.05) is 24.7 Å². The van der Waals surface area contributed by atoms with Crippen LogP contribution in [-0.4, -0.2) is 31.2 Å². The summed E-state index contributed by atoms with van der Waals surface area (Å²) in [6, 6.07) is 13.8. The second-order valence-electron chi connectivity index (χ2n) is 7.24. The molecule has 7 nitrogen and oxygen atoms in total. The Labute approximate surface area is 170 Å². The molecule has 154 valence electrons. The van der Waals surface area contributed by atoms with Gasteiger partial charge < -0.3 is 25.4 Å². The van der Waals surface area contributed by atoms with Crippen LogP contribution in [0.3, 0.4) is 0 Å². The molecule has 0 aromatic heterocycles. The Kier molecular flexibility index (Phi) is 6.94. The maximum atomic E-state index is 12.8. The van der Waals surface area contributed by atoms with Crippen LogP contribution in [-0.2, 0) is 11.3 Å². The first-order valence-corrected chi connectivity index (χ1v) is 9.82. The van der Waals surface area contributed by atoms with Gasteiger partial charge in [0.05, 0.1) is 13.2 Å². The lowest BCUT2D eigenvalue weighted by molar-refractivity contribution is -0.118. The normalized spacial score (nSPS) is 13.9. The van der Waals surface area contributed by atoms with E-state index in [9.17, 15) is 9.59 Å². The molecule has 1 aliphatic rings. The van der Waals surface area contributed by atoms with Gasteiger partial charge >= 0.3 is 6.03 Å². The van der Waals surface area contributed by atoms with Crippen LogP contribution in [0.25, 0.3) is 0 Å². The van der Waals surface area contributed by atoms with Gasteiger partial charge in [0.15, 0.2) is 11.5 Å². The molecule has 3 N–H and O–H groups in total. The number of hydrogen-bond acceptors (Lipinski definition) is 4. The van der Waals surface area contributed by atoms with E-state index >= 15 is 0 Å². The summed E-state index contributed by atoms with van der Waals surface area (Å²) in [5, 5.41) is 8.40. The first-order chi connectivity index (χ1) is 14.0. The zero-order valence-corrected chi connectivity index (χ0v) is 16.7. The molecule has 0 bridgehead atoms. The van der Waals surface area contributed by atoms with Gasteiger partial charge in [0.25, 0.3) is 0 Å². The largest absolute Gasteiger partial charge is 0.490 e. The number of rotatable bonds is 6. The van der Waals surface area contributed by atoms with Gasteiger partial charge in [-0.05, 0) is 23.6 Å². The molecule has 1 heterocycles. The number of nitrogens with one attached hydrogen (secondary N) is 3. The summed E-state index contributed by atoms with van der Waals surface area (Å²) >= 11 is 0. The Hall–Kier alpha value is -3.22. The van der Waals surface area contributed by atoms with Crippen molar-refractivity contribution in [2.45, 2.75) is 32.9 Å². The Morgan fingerprint density at radius 2 is 1.72 bits per heavy atom. The van der Waals surface area contributed by atoms with E-state index in [1.54, 1.807) is 18.2 Å². The maximum absolute atomic E-state index is 12.8. The van der Waals surface area contributed by atoms with Crippen molar-refractivity contribution < 1.29 is 19.1 Å². The van der Waals surface area contributed by atoms with Gasteiger partial charge in [-0.2, -0.15) is 0 Å². The minimum atomic E-state index is -0.679. The van der Waals surface area contributed by atoms with Crippen LogP contribution in [0.5, 0.6) is 11.5 Å². The standard InChI is InChI=1S/C22H27N3O4/c1-15(2)20(25-22(27)23-14-16-7-4-3-5-8-16)21(26)24-17-9-10-18-19(13-17)29-12-6-11-28-18/h3-5,7-10,13,15,20H,6,11-12,14H2,1-2H3,(H,24,26)(H2,23,25,27)/t20-/m0/s1. The second-order valence-corrected chi connectivity index (χ2v) is 7.24. The number of amides is 3. The summed E-state index contributed by atoms with van der Waals surface area (Å²) < 4.78 is 11.3. The van der Waals surface area contributed by atoms with Crippen molar-refractivity contribution >= 4 is 17.6 Å². The summed E-state index contributed by atoms with van der Waals surface area (Å²) in [5.74, 6) is 0.900. The minimum Gasteiger partial charge on any atom is -0.490 e. The average molecular weight is 397 g/mol. The third-order valence-corrected chi connectivity index (χ3v) is 4.55. The van der Waals surface area contributed by atoms with E-state index in [0.29, 0.717) is 36.9 Å². The molecule has 0 fully saturated rings. The monoisotopic (exact) mass is 397 g/mol. The molecule has 0 unspecified atom stereocenters. The van der Waals surface area contributed by atoms with E-state index in [1.807, 2.05) is 44.2 Å².